The van der Waals surface area contributed by atoms with E-state index in [4.69, 9.17) is 11.6 Å². The fourth-order valence-electron chi connectivity index (χ4n) is 2.28. The number of amides is 2. The summed E-state index contributed by atoms with van der Waals surface area (Å²) < 4.78 is 0.894. The predicted molar refractivity (Wildman–Crippen MR) is 74.1 cm³/mol. The van der Waals surface area contributed by atoms with E-state index in [1.165, 1.54) is 16.2 Å². The molecule has 19 heavy (non-hydrogen) atoms. The first-order valence-corrected chi connectivity index (χ1v) is 7.16. The zero-order valence-electron chi connectivity index (χ0n) is 10.2. The number of carbonyl (C=O) groups excluding carboxylic acids is 2. The Kier molecular flexibility index (Phi) is 3.03. The minimum absolute atomic E-state index is 0.103. The molecule has 0 saturated carbocycles. The van der Waals surface area contributed by atoms with Crippen molar-refractivity contribution in [3.05, 3.63) is 28.2 Å². The normalized spacial score (nSPS) is 17.5. The smallest absolute Gasteiger partial charge is 0.230 e. The van der Waals surface area contributed by atoms with Gasteiger partial charge in [-0.25, -0.2) is 0 Å². The van der Waals surface area contributed by atoms with E-state index in [1.54, 1.807) is 12.3 Å². The van der Waals surface area contributed by atoms with Gasteiger partial charge in [-0.1, -0.05) is 11.6 Å². The summed E-state index contributed by atoms with van der Waals surface area (Å²) in [5.41, 5.74) is 0.804. The molecule has 2 aromatic rings. The molecule has 4 nitrogen and oxygen atoms in total. The minimum Gasteiger partial charge on any atom is -0.274 e. The molecule has 0 bridgehead atoms. The fourth-order valence-corrected chi connectivity index (χ4v) is 3.62. The first-order chi connectivity index (χ1) is 9.08. The summed E-state index contributed by atoms with van der Waals surface area (Å²) in [4.78, 5) is 30.0. The van der Waals surface area contributed by atoms with Gasteiger partial charge in [-0.3, -0.25) is 19.5 Å². The van der Waals surface area contributed by atoms with E-state index >= 15 is 0 Å². The number of hydrogen-bond acceptors (Lipinski definition) is 4. The van der Waals surface area contributed by atoms with E-state index in [0.29, 0.717) is 17.9 Å². The highest BCUT2D eigenvalue weighted by Gasteiger charge is 2.34. The Morgan fingerprint density at radius 3 is 2.68 bits per heavy atom. The molecule has 3 rings (SSSR count). The number of rotatable bonds is 2. The van der Waals surface area contributed by atoms with Crippen LogP contribution in [0.15, 0.2) is 18.3 Å². The van der Waals surface area contributed by atoms with Crippen LogP contribution in [0.3, 0.4) is 0 Å². The zero-order chi connectivity index (χ0) is 13.6. The second-order valence-electron chi connectivity index (χ2n) is 4.49. The van der Waals surface area contributed by atoms with E-state index in [-0.39, 0.29) is 17.9 Å². The van der Waals surface area contributed by atoms with Crippen molar-refractivity contribution < 1.29 is 9.59 Å². The maximum atomic E-state index is 11.7. The van der Waals surface area contributed by atoms with Gasteiger partial charge in [0.15, 0.2) is 0 Å². The Morgan fingerprint density at radius 2 is 2.05 bits per heavy atom. The maximum Gasteiger partial charge on any atom is 0.230 e. The maximum absolute atomic E-state index is 11.7. The number of hydrogen-bond donors (Lipinski definition) is 0. The second-order valence-corrected chi connectivity index (χ2v) is 5.98. The summed E-state index contributed by atoms with van der Waals surface area (Å²) >= 11 is 7.60. The molecule has 1 unspecified atom stereocenters. The molecule has 1 aliphatic rings. The molecule has 0 aliphatic carbocycles. The van der Waals surface area contributed by atoms with E-state index < -0.39 is 0 Å². The quantitative estimate of drug-likeness (QED) is 0.800. The molecule has 98 valence electrons. The number of thiophene rings is 1. The van der Waals surface area contributed by atoms with Crippen LogP contribution in [0.25, 0.3) is 10.2 Å². The molecule has 0 aromatic carbocycles. The molecule has 3 heterocycles. The lowest BCUT2D eigenvalue weighted by atomic mass is 10.2. The standard InChI is InChI=1S/C13H11ClN2O2S/c1-7(16-11(17)2-3-12(16)18)10-6-9-13(19-10)8(14)4-5-15-9/h4-7H,2-3H2,1H3. The lowest BCUT2D eigenvalue weighted by Gasteiger charge is -2.20. The van der Waals surface area contributed by atoms with Crippen molar-refractivity contribution in [2.24, 2.45) is 0 Å². The highest BCUT2D eigenvalue weighted by Crippen LogP contribution is 2.36. The van der Waals surface area contributed by atoms with E-state index in [1.807, 2.05) is 13.0 Å². The van der Waals surface area contributed by atoms with E-state index in [0.717, 1.165) is 15.1 Å². The number of pyridine rings is 1. The molecule has 1 fully saturated rings. The third-order valence-electron chi connectivity index (χ3n) is 3.27. The van der Waals surface area contributed by atoms with Gasteiger partial charge in [-0.05, 0) is 19.1 Å². The summed E-state index contributed by atoms with van der Waals surface area (Å²) in [5, 5.41) is 0.646. The molecular formula is C13H11ClN2O2S. The Bertz CT molecular complexity index is 666. The average Bonchev–Trinajstić information content (AvgIpc) is 2.94. The molecule has 0 radical (unpaired) electrons. The number of fused-ring (bicyclic) bond motifs is 1. The van der Waals surface area contributed by atoms with Crippen LogP contribution in [0.5, 0.6) is 0 Å². The van der Waals surface area contributed by atoms with Crippen LogP contribution in [0.4, 0.5) is 0 Å². The van der Waals surface area contributed by atoms with E-state index in [2.05, 4.69) is 4.98 Å². The minimum atomic E-state index is -0.252. The predicted octanol–water partition coefficient (Wildman–Crippen LogP) is 3.16. The molecular weight excluding hydrogens is 284 g/mol. The largest absolute Gasteiger partial charge is 0.274 e. The van der Waals surface area contributed by atoms with Crippen molar-refractivity contribution >= 4 is 45.0 Å². The summed E-state index contributed by atoms with van der Waals surface area (Å²) in [6.07, 6.45) is 2.28. The topological polar surface area (TPSA) is 50.3 Å². The monoisotopic (exact) mass is 294 g/mol. The number of imide groups is 1. The van der Waals surface area contributed by atoms with Crippen LogP contribution in [-0.2, 0) is 9.59 Å². The zero-order valence-corrected chi connectivity index (χ0v) is 11.8. The molecule has 2 amide bonds. The first kappa shape index (κ1) is 12.6. The lowest BCUT2D eigenvalue weighted by Crippen LogP contribution is -2.31. The summed E-state index contributed by atoms with van der Waals surface area (Å²) in [6, 6.07) is 3.38. The van der Waals surface area contributed by atoms with Gasteiger partial charge in [0.2, 0.25) is 11.8 Å². The highest BCUT2D eigenvalue weighted by atomic mass is 35.5. The van der Waals surface area contributed by atoms with Crippen LogP contribution in [0.2, 0.25) is 5.02 Å². The van der Waals surface area contributed by atoms with Gasteiger partial charge in [0.1, 0.15) is 0 Å². The average molecular weight is 295 g/mol. The van der Waals surface area contributed by atoms with Gasteiger partial charge >= 0.3 is 0 Å². The molecule has 2 aromatic heterocycles. The summed E-state index contributed by atoms with van der Waals surface area (Å²) in [5.74, 6) is -0.206. The van der Waals surface area contributed by atoms with Gasteiger partial charge in [-0.15, -0.1) is 11.3 Å². The van der Waals surface area contributed by atoms with E-state index in [9.17, 15) is 9.59 Å². The summed E-state index contributed by atoms with van der Waals surface area (Å²) in [7, 11) is 0. The number of aromatic nitrogens is 1. The number of carbonyl (C=O) groups is 2. The summed E-state index contributed by atoms with van der Waals surface area (Å²) in [6.45, 7) is 1.86. The van der Waals surface area contributed by atoms with Crippen LogP contribution in [0.1, 0.15) is 30.7 Å². The van der Waals surface area contributed by atoms with Crippen molar-refractivity contribution in [1.82, 2.24) is 9.88 Å². The fraction of sp³-hybridized carbons (Fsp3) is 0.308. The Morgan fingerprint density at radius 1 is 1.37 bits per heavy atom. The first-order valence-electron chi connectivity index (χ1n) is 5.97. The van der Waals surface area contributed by atoms with Crippen LogP contribution >= 0.6 is 22.9 Å². The van der Waals surface area contributed by atoms with Gasteiger partial charge in [-0.2, -0.15) is 0 Å². The van der Waals surface area contributed by atoms with Crippen molar-refractivity contribution in [2.45, 2.75) is 25.8 Å². The lowest BCUT2D eigenvalue weighted by molar-refractivity contribution is -0.140. The van der Waals surface area contributed by atoms with Gasteiger partial charge in [0.05, 0.1) is 21.3 Å². The molecule has 6 heteroatoms. The SMILES string of the molecule is CC(c1cc2nccc(Cl)c2s1)N1C(=O)CCC1=O. The number of likely N-dealkylation sites (tertiary alicyclic amines) is 1. The van der Waals surface area contributed by atoms with Gasteiger partial charge in [0.25, 0.3) is 0 Å². The van der Waals surface area contributed by atoms with Crippen LogP contribution < -0.4 is 0 Å². The molecule has 0 spiro atoms. The van der Waals surface area contributed by atoms with Crippen LogP contribution in [0, 0.1) is 0 Å². The van der Waals surface area contributed by atoms with Crippen molar-refractivity contribution in [1.29, 1.82) is 0 Å². The molecule has 0 N–H and O–H groups in total. The van der Waals surface area contributed by atoms with Crippen molar-refractivity contribution in [3.8, 4) is 0 Å². The third-order valence-corrected chi connectivity index (χ3v) is 5.03. The molecule has 1 aliphatic heterocycles. The van der Waals surface area contributed by atoms with Gasteiger partial charge in [0, 0.05) is 23.9 Å². The van der Waals surface area contributed by atoms with Crippen molar-refractivity contribution in [2.75, 3.05) is 0 Å². The Labute approximate surface area is 119 Å². The molecule has 1 atom stereocenters. The Hall–Kier alpha value is -1.46. The third kappa shape index (κ3) is 2.03. The highest BCUT2D eigenvalue weighted by molar-refractivity contribution is 7.19. The second kappa shape index (κ2) is 4.58. The number of halogens is 1. The van der Waals surface area contributed by atoms with Crippen molar-refractivity contribution in [3.63, 3.8) is 0 Å². The van der Waals surface area contributed by atoms with Crippen LogP contribution in [-0.4, -0.2) is 21.7 Å². The number of nitrogens with zero attached hydrogens (tertiary/aromatic N) is 2. The Balaban J connectivity index is 2.02. The van der Waals surface area contributed by atoms with Gasteiger partial charge < -0.3 is 0 Å². The molecule has 1 saturated heterocycles.